The molecule has 2 N–H and O–H groups in total. The average molecular weight is 380 g/mol. The van der Waals surface area contributed by atoms with Crippen LogP contribution in [0.4, 0.5) is 5.69 Å². The number of nitrogens with one attached hydrogen (secondary N) is 2. The minimum Gasteiger partial charge on any atom is -0.324 e. The van der Waals surface area contributed by atoms with E-state index in [2.05, 4.69) is 26.6 Å². The molecule has 110 valence electrons. The number of rotatable bonds is 4. The van der Waals surface area contributed by atoms with E-state index in [0.29, 0.717) is 28.1 Å². The average Bonchev–Trinajstić information content (AvgIpc) is 2.42. The lowest BCUT2D eigenvalue weighted by molar-refractivity contribution is -0.116. The molecule has 1 heterocycles. The zero-order chi connectivity index (χ0) is 14.5. The van der Waals surface area contributed by atoms with E-state index in [0.717, 1.165) is 24.0 Å². The monoisotopic (exact) mass is 378 g/mol. The van der Waals surface area contributed by atoms with Gasteiger partial charge in [-0.2, -0.15) is 0 Å². The Morgan fingerprint density at radius 3 is 2.70 bits per heavy atom. The van der Waals surface area contributed by atoms with Crippen LogP contribution in [0.25, 0.3) is 0 Å². The summed E-state index contributed by atoms with van der Waals surface area (Å²) in [4.78, 5) is 12.0. The summed E-state index contributed by atoms with van der Waals surface area (Å²) in [6.07, 6.45) is 3.77. The van der Waals surface area contributed by atoms with Gasteiger partial charge < -0.3 is 10.6 Å². The van der Waals surface area contributed by atoms with Crippen molar-refractivity contribution in [1.29, 1.82) is 0 Å². The lowest BCUT2D eigenvalue weighted by Gasteiger charge is -2.22. The Balaban J connectivity index is 1.88. The van der Waals surface area contributed by atoms with Crippen LogP contribution in [0.3, 0.4) is 0 Å². The molecule has 3 nitrogen and oxygen atoms in total. The summed E-state index contributed by atoms with van der Waals surface area (Å²) in [5, 5.41) is 7.04. The number of halogens is 3. The summed E-state index contributed by atoms with van der Waals surface area (Å²) in [6, 6.07) is 3.43. The first-order chi connectivity index (χ1) is 9.56. The molecule has 20 heavy (non-hydrogen) atoms. The van der Waals surface area contributed by atoms with E-state index in [9.17, 15) is 4.79 Å². The van der Waals surface area contributed by atoms with Crippen molar-refractivity contribution < 1.29 is 4.79 Å². The number of anilines is 1. The third-order valence-electron chi connectivity index (χ3n) is 3.45. The molecule has 0 saturated carbocycles. The van der Waals surface area contributed by atoms with Gasteiger partial charge in [-0.25, -0.2) is 0 Å². The number of piperidine rings is 1. The van der Waals surface area contributed by atoms with E-state index in [1.165, 1.54) is 12.8 Å². The second-order valence-corrected chi connectivity index (χ2v) is 6.77. The molecule has 2 rings (SSSR count). The Labute approximate surface area is 137 Å². The third-order valence-corrected chi connectivity index (χ3v) is 4.50. The minimum absolute atomic E-state index is 0.0401. The predicted octanol–water partition coefficient (Wildman–Crippen LogP) is 4.47. The SMILES string of the molecule is O=C(CCC1CCCNC1)Nc1c(Cl)cc(Br)cc1Cl. The summed E-state index contributed by atoms with van der Waals surface area (Å²) in [5.41, 5.74) is 0.489. The molecule has 1 aliphatic rings. The van der Waals surface area contributed by atoms with Crippen LogP contribution < -0.4 is 10.6 Å². The second kappa shape index (κ2) is 7.64. The molecule has 1 amide bonds. The second-order valence-electron chi connectivity index (χ2n) is 5.04. The van der Waals surface area contributed by atoms with Crippen molar-refractivity contribution in [1.82, 2.24) is 5.32 Å². The number of carbonyl (C=O) groups excluding carboxylic acids is 1. The van der Waals surface area contributed by atoms with E-state index < -0.39 is 0 Å². The molecule has 1 atom stereocenters. The molecule has 0 spiro atoms. The van der Waals surface area contributed by atoms with E-state index in [4.69, 9.17) is 23.2 Å². The standard InChI is InChI=1S/C14H17BrCl2N2O/c15-10-6-11(16)14(12(17)7-10)19-13(20)4-3-9-2-1-5-18-8-9/h6-7,9,18H,1-5,8H2,(H,19,20). The van der Waals surface area contributed by atoms with Crippen LogP contribution in [0.1, 0.15) is 25.7 Å². The first-order valence-corrected chi connectivity index (χ1v) is 8.26. The maximum Gasteiger partial charge on any atom is 0.224 e. The van der Waals surface area contributed by atoms with Gasteiger partial charge in [0.15, 0.2) is 0 Å². The van der Waals surface area contributed by atoms with Gasteiger partial charge in [0.1, 0.15) is 0 Å². The highest BCUT2D eigenvalue weighted by Crippen LogP contribution is 2.34. The van der Waals surface area contributed by atoms with E-state index in [-0.39, 0.29) is 5.91 Å². The minimum atomic E-state index is -0.0401. The van der Waals surface area contributed by atoms with Crippen molar-refractivity contribution in [3.8, 4) is 0 Å². The number of hydrogen-bond donors (Lipinski definition) is 2. The van der Waals surface area contributed by atoms with E-state index in [1.807, 2.05) is 0 Å². The molecular formula is C14H17BrCl2N2O. The zero-order valence-electron chi connectivity index (χ0n) is 11.0. The molecule has 1 saturated heterocycles. The van der Waals surface area contributed by atoms with Crippen molar-refractivity contribution in [2.24, 2.45) is 5.92 Å². The van der Waals surface area contributed by atoms with Gasteiger partial charge in [0.25, 0.3) is 0 Å². The molecule has 1 aromatic carbocycles. The van der Waals surface area contributed by atoms with Crippen molar-refractivity contribution in [2.75, 3.05) is 18.4 Å². The molecule has 6 heteroatoms. The Morgan fingerprint density at radius 1 is 1.40 bits per heavy atom. The molecule has 0 aliphatic carbocycles. The van der Waals surface area contributed by atoms with Crippen molar-refractivity contribution in [3.05, 3.63) is 26.7 Å². The summed E-state index contributed by atoms with van der Waals surface area (Å²) < 4.78 is 0.791. The summed E-state index contributed by atoms with van der Waals surface area (Å²) >= 11 is 15.5. The van der Waals surface area contributed by atoms with Crippen LogP contribution in [-0.2, 0) is 4.79 Å². The summed E-state index contributed by atoms with van der Waals surface area (Å²) in [5.74, 6) is 0.548. The lowest BCUT2D eigenvalue weighted by atomic mass is 9.94. The van der Waals surface area contributed by atoms with Gasteiger partial charge >= 0.3 is 0 Å². The van der Waals surface area contributed by atoms with Gasteiger partial charge in [0, 0.05) is 10.9 Å². The van der Waals surface area contributed by atoms with Crippen LogP contribution in [-0.4, -0.2) is 19.0 Å². The van der Waals surface area contributed by atoms with Crippen molar-refractivity contribution >= 4 is 50.7 Å². The lowest BCUT2D eigenvalue weighted by Crippen LogP contribution is -2.30. The Morgan fingerprint density at radius 2 is 2.10 bits per heavy atom. The van der Waals surface area contributed by atoms with Gasteiger partial charge in [-0.3, -0.25) is 4.79 Å². The van der Waals surface area contributed by atoms with Crippen LogP contribution in [0.15, 0.2) is 16.6 Å². The topological polar surface area (TPSA) is 41.1 Å². The number of amides is 1. The highest BCUT2D eigenvalue weighted by molar-refractivity contribution is 9.10. The van der Waals surface area contributed by atoms with Gasteiger partial charge in [-0.15, -0.1) is 0 Å². The van der Waals surface area contributed by atoms with Crippen molar-refractivity contribution in [3.63, 3.8) is 0 Å². The first-order valence-electron chi connectivity index (χ1n) is 6.71. The summed E-state index contributed by atoms with van der Waals surface area (Å²) in [6.45, 7) is 2.10. The molecule has 1 fully saturated rings. The molecule has 1 aromatic rings. The molecule has 0 aromatic heterocycles. The molecule has 0 bridgehead atoms. The normalized spacial score (nSPS) is 18.9. The van der Waals surface area contributed by atoms with Crippen LogP contribution in [0, 0.1) is 5.92 Å². The van der Waals surface area contributed by atoms with Crippen LogP contribution in [0.2, 0.25) is 10.0 Å². The maximum atomic E-state index is 12.0. The first kappa shape index (κ1) is 16.1. The van der Waals surface area contributed by atoms with E-state index >= 15 is 0 Å². The molecule has 1 aliphatic heterocycles. The maximum absolute atomic E-state index is 12.0. The molecular weight excluding hydrogens is 363 g/mol. The quantitative estimate of drug-likeness (QED) is 0.809. The predicted molar refractivity (Wildman–Crippen MR) is 87.6 cm³/mol. The molecule has 0 radical (unpaired) electrons. The fourth-order valence-electron chi connectivity index (χ4n) is 2.37. The van der Waals surface area contributed by atoms with Crippen LogP contribution in [0.5, 0.6) is 0 Å². The van der Waals surface area contributed by atoms with Gasteiger partial charge in [-0.1, -0.05) is 39.1 Å². The van der Waals surface area contributed by atoms with Gasteiger partial charge in [0.2, 0.25) is 5.91 Å². The number of benzene rings is 1. The fraction of sp³-hybridized carbons (Fsp3) is 0.500. The van der Waals surface area contributed by atoms with Gasteiger partial charge in [0.05, 0.1) is 15.7 Å². The van der Waals surface area contributed by atoms with Crippen LogP contribution >= 0.6 is 39.1 Å². The number of hydrogen-bond acceptors (Lipinski definition) is 2. The smallest absolute Gasteiger partial charge is 0.224 e. The zero-order valence-corrected chi connectivity index (χ0v) is 14.1. The fourth-order valence-corrected chi connectivity index (χ4v) is 3.67. The Bertz CT molecular complexity index is 467. The largest absolute Gasteiger partial charge is 0.324 e. The third kappa shape index (κ3) is 4.62. The Hall–Kier alpha value is -0.290. The summed E-state index contributed by atoms with van der Waals surface area (Å²) in [7, 11) is 0. The highest BCUT2D eigenvalue weighted by Gasteiger charge is 2.16. The van der Waals surface area contributed by atoms with Gasteiger partial charge in [-0.05, 0) is 50.4 Å². The highest BCUT2D eigenvalue weighted by atomic mass is 79.9. The number of carbonyl (C=O) groups is 1. The molecule has 1 unspecified atom stereocenters. The van der Waals surface area contributed by atoms with E-state index in [1.54, 1.807) is 12.1 Å². The Kier molecular flexibility index (Phi) is 6.15. The van der Waals surface area contributed by atoms with Crippen molar-refractivity contribution in [2.45, 2.75) is 25.7 Å².